The van der Waals surface area contributed by atoms with Crippen LogP contribution in [-0.4, -0.2) is 32.6 Å². The van der Waals surface area contributed by atoms with E-state index in [1.807, 2.05) is 6.07 Å². The van der Waals surface area contributed by atoms with Crippen LogP contribution in [0.3, 0.4) is 0 Å². The molecule has 0 bridgehead atoms. The van der Waals surface area contributed by atoms with Gasteiger partial charge in [-0.25, -0.2) is 0 Å². The number of nitrogens with one attached hydrogen (secondary N) is 1. The van der Waals surface area contributed by atoms with Gasteiger partial charge in [0.2, 0.25) is 0 Å². The number of hydrogen-bond acceptors (Lipinski definition) is 3. The fraction of sp³-hybridized carbons (Fsp3) is 0.625. The summed E-state index contributed by atoms with van der Waals surface area (Å²) in [6.07, 6.45) is 2.49. The van der Waals surface area contributed by atoms with Crippen molar-refractivity contribution in [2.45, 2.75) is 33.2 Å². The molecule has 1 aromatic rings. The minimum atomic E-state index is 0.687. The van der Waals surface area contributed by atoms with Gasteiger partial charge >= 0.3 is 0 Å². The highest BCUT2D eigenvalue weighted by molar-refractivity contribution is 5.58. The molecule has 1 unspecified atom stereocenters. The first kappa shape index (κ1) is 15.8. The molecule has 0 aliphatic carbocycles. The minimum absolute atomic E-state index is 0.687. The topological polar surface area (TPSA) is 24.5 Å². The molecule has 0 aliphatic rings. The molecule has 3 nitrogen and oxygen atoms in total. The average molecular weight is 264 g/mol. The Morgan fingerprint density at radius 2 is 2.05 bits per heavy atom. The lowest BCUT2D eigenvalue weighted by molar-refractivity contribution is 0.400. The third-order valence-electron chi connectivity index (χ3n) is 3.19. The van der Waals surface area contributed by atoms with Crippen molar-refractivity contribution in [3.05, 3.63) is 23.8 Å². The molecule has 108 valence electrons. The molecular weight excluding hydrogens is 236 g/mol. The molecule has 1 atom stereocenters. The lowest BCUT2D eigenvalue weighted by Gasteiger charge is -2.17. The molecule has 0 saturated carbocycles. The SMILES string of the molecule is CCCC(C)CNc1cc(CN(C)C)ccc1OC. The second-order valence-electron chi connectivity index (χ2n) is 5.55. The van der Waals surface area contributed by atoms with Crippen molar-refractivity contribution in [3.63, 3.8) is 0 Å². The Hall–Kier alpha value is -1.22. The lowest BCUT2D eigenvalue weighted by atomic mass is 10.1. The number of nitrogens with zero attached hydrogens (tertiary/aromatic N) is 1. The van der Waals surface area contributed by atoms with Crippen LogP contribution in [-0.2, 0) is 6.54 Å². The molecule has 0 aromatic heterocycles. The fourth-order valence-corrected chi connectivity index (χ4v) is 2.24. The Kier molecular flexibility index (Phi) is 6.71. The summed E-state index contributed by atoms with van der Waals surface area (Å²) in [5, 5.41) is 3.52. The quantitative estimate of drug-likeness (QED) is 0.776. The van der Waals surface area contributed by atoms with Gasteiger partial charge in [0.25, 0.3) is 0 Å². The van der Waals surface area contributed by atoms with E-state index in [-0.39, 0.29) is 0 Å². The number of rotatable bonds is 8. The Labute approximate surface area is 118 Å². The van der Waals surface area contributed by atoms with E-state index in [1.165, 1.54) is 18.4 Å². The number of benzene rings is 1. The van der Waals surface area contributed by atoms with Crippen molar-refractivity contribution < 1.29 is 4.74 Å². The van der Waals surface area contributed by atoms with Gasteiger partial charge in [-0.2, -0.15) is 0 Å². The van der Waals surface area contributed by atoms with E-state index in [0.29, 0.717) is 5.92 Å². The van der Waals surface area contributed by atoms with Crippen molar-refractivity contribution in [2.75, 3.05) is 33.1 Å². The van der Waals surface area contributed by atoms with Crippen LogP contribution in [0.15, 0.2) is 18.2 Å². The van der Waals surface area contributed by atoms with Gasteiger partial charge in [0.1, 0.15) is 5.75 Å². The fourth-order valence-electron chi connectivity index (χ4n) is 2.24. The van der Waals surface area contributed by atoms with E-state index in [9.17, 15) is 0 Å². The van der Waals surface area contributed by atoms with E-state index in [0.717, 1.165) is 24.5 Å². The third-order valence-corrected chi connectivity index (χ3v) is 3.19. The van der Waals surface area contributed by atoms with Gasteiger partial charge in [0, 0.05) is 13.1 Å². The van der Waals surface area contributed by atoms with Crippen LogP contribution in [0.4, 0.5) is 5.69 Å². The predicted molar refractivity (Wildman–Crippen MR) is 82.9 cm³/mol. The normalized spacial score (nSPS) is 12.5. The number of methoxy groups -OCH3 is 1. The smallest absolute Gasteiger partial charge is 0.141 e. The second-order valence-corrected chi connectivity index (χ2v) is 5.55. The van der Waals surface area contributed by atoms with Gasteiger partial charge < -0.3 is 15.0 Å². The number of anilines is 1. The minimum Gasteiger partial charge on any atom is -0.495 e. The van der Waals surface area contributed by atoms with E-state index in [1.54, 1.807) is 7.11 Å². The second kappa shape index (κ2) is 8.05. The standard InChI is InChI=1S/C16H28N2O/c1-6-7-13(2)11-17-15-10-14(12-18(3)4)8-9-16(15)19-5/h8-10,13,17H,6-7,11-12H2,1-5H3. The highest BCUT2D eigenvalue weighted by Crippen LogP contribution is 2.26. The van der Waals surface area contributed by atoms with Crippen molar-refractivity contribution in [1.29, 1.82) is 0 Å². The maximum atomic E-state index is 5.42. The summed E-state index contributed by atoms with van der Waals surface area (Å²) in [6.45, 7) is 6.46. The Morgan fingerprint density at radius 1 is 1.32 bits per heavy atom. The molecule has 1 aromatic carbocycles. The van der Waals surface area contributed by atoms with E-state index in [4.69, 9.17) is 4.74 Å². The average Bonchev–Trinajstić information content (AvgIpc) is 2.36. The van der Waals surface area contributed by atoms with Crippen LogP contribution < -0.4 is 10.1 Å². The monoisotopic (exact) mass is 264 g/mol. The molecule has 0 heterocycles. The molecule has 0 spiro atoms. The summed E-state index contributed by atoms with van der Waals surface area (Å²) in [5.41, 5.74) is 2.40. The number of hydrogen-bond donors (Lipinski definition) is 1. The van der Waals surface area contributed by atoms with Crippen LogP contribution >= 0.6 is 0 Å². The molecule has 0 fully saturated rings. The van der Waals surface area contributed by atoms with Crippen LogP contribution in [0.2, 0.25) is 0 Å². The molecule has 0 radical (unpaired) electrons. The Bertz CT molecular complexity index is 377. The zero-order valence-corrected chi connectivity index (χ0v) is 13.0. The van der Waals surface area contributed by atoms with Gasteiger partial charge in [-0.05, 0) is 44.1 Å². The highest BCUT2D eigenvalue weighted by Gasteiger charge is 2.07. The molecule has 0 saturated heterocycles. The molecule has 0 amide bonds. The van der Waals surface area contributed by atoms with Gasteiger partial charge in [0.15, 0.2) is 0 Å². The summed E-state index contributed by atoms with van der Waals surface area (Å²) in [5.74, 6) is 1.61. The van der Waals surface area contributed by atoms with Crippen LogP contribution in [0.1, 0.15) is 32.3 Å². The molecular formula is C16H28N2O. The van der Waals surface area contributed by atoms with E-state index >= 15 is 0 Å². The van der Waals surface area contributed by atoms with Crippen LogP contribution in [0.5, 0.6) is 5.75 Å². The van der Waals surface area contributed by atoms with Crippen LogP contribution in [0.25, 0.3) is 0 Å². The van der Waals surface area contributed by atoms with Gasteiger partial charge in [-0.3, -0.25) is 0 Å². The highest BCUT2D eigenvalue weighted by atomic mass is 16.5. The van der Waals surface area contributed by atoms with Crippen molar-refractivity contribution in [1.82, 2.24) is 4.90 Å². The Balaban J connectivity index is 2.72. The van der Waals surface area contributed by atoms with Crippen molar-refractivity contribution in [3.8, 4) is 5.75 Å². The van der Waals surface area contributed by atoms with E-state index < -0.39 is 0 Å². The molecule has 3 heteroatoms. The zero-order valence-electron chi connectivity index (χ0n) is 13.0. The molecule has 19 heavy (non-hydrogen) atoms. The summed E-state index contributed by atoms with van der Waals surface area (Å²) < 4.78 is 5.42. The van der Waals surface area contributed by atoms with E-state index in [2.05, 4.69) is 50.3 Å². The van der Waals surface area contributed by atoms with Gasteiger partial charge in [-0.15, -0.1) is 0 Å². The predicted octanol–water partition coefficient (Wildman–Crippen LogP) is 3.60. The summed E-state index contributed by atoms with van der Waals surface area (Å²) >= 11 is 0. The molecule has 1 rings (SSSR count). The molecule has 1 N–H and O–H groups in total. The van der Waals surface area contributed by atoms with Gasteiger partial charge in [-0.1, -0.05) is 26.3 Å². The summed E-state index contributed by atoms with van der Waals surface area (Å²) in [6, 6.07) is 6.36. The number of ether oxygens (including phenoxy) is 1. The maximum Gasteiger partial charge on any atom is 0.141 e. The first-order valence-corrected chi connectivity index (χ1v) is 7.12. The van der Waals surface area contributed by atoms with Gasteiger partial charge in [0.05, 0.1) is 12.8 Å². The lowest BCUT2D eigenvalue weighted by Crippen LogP contribution is -2.13. The molecule has 0 aliphatic heterocycles. The van der Waals surface area contributed by atoms with Crippen molar-refractivity contribution >= 4 is 5.69 Å². The summed E-state index contributed by atoms with van der Waals surface area (Å²) in [4.78, 5) is 2.17. The van der Waals surface area contributed by atoms with Crippen molar-refractivity contribution in [2.24, 2.45) is 5.92 Å². The van der Waals surface area contributed by atoms with Crippen LogP contribution in [0, 0.1) is 5.92 Å². The first-order valence-electron chi connectivity index (χ1n) is 7.12. The summed E-state index contributed by atoms with van der Waals surface area (Å²) in [7, 11) is 5.89. The first-order chi connectivity index (χ1) is 9.06. The largest absolute Gasteiger partial charge is 0.495 e. The third kappa shape index (κ3) is 5.52. The maximum absolute atomic E-state index is 5.42. The Morgan fingerprint density at radius 3 is 2.63 bits per heavy atom. The zero-order chi connectivity index (χ0) is 14.3.